The first kappa shape index (κ1) is 20.2. The maximum atomic E-state index is 4.64. The maximum absolute atomic E-state index is 4.64. The maximum Gasteiger partial charge on any atom is 0.191 e. The molecule has 6 nitrogen and oxygen atoms in total. The Kier molecular flexibility index (Phi) is 6.97. The molecule has 0 aliphatic heterocycles. The molecule has 26 heavy (non-hydrogen) atoms. The van der Waals surface area contributed by atoms with E-state index in [0.29, 0.717) is 13.1 Å². The molecule has 1 aromatic carbocycles. The van der Waals surface area contributed by atoms with Crippen molar-refractivity contribution in [2.45, 2.75) is 32.7 Å². The van der Waals surface area contributed by atoms with Gasteiger partial charge >= 0.3 is 0 Å². The Morgan fingerprint density at radius 2 is 2.04 bits per heavy atom. The van der Waals surface area contributed by atoms with Crippen molar-refractivity contribution in [3.8, 4) is 0 Å². The average Bonchev–Trinajstić information content (AvgIpc) is 2.93. The second kappa shape index (κ2) is 8.98. The van der Waals surface area contributed by atoms with Crippen LogP contribution in [-0.4, -0.2) is 33.8 Å². The lowest BCUT2D eigenvalue weighted by Gasteiger charge is -2.27. The highest BCUT2D eigenvalue weighted by atomic mass is 79.9. The Bertz CT molecular complexity index is 778. The molecule has 0 atom stereocenters. The molecule has 7 heteroatoms. The first-order valence-electron chi connectivity index (χ1n) is 8.58. The predicted molar refractivity (Wildman–Crippen MR) is 110 cm³/mol. The van der Waals surface area contributed by atoms with Gasteiger partial charge in [0.2, 0.25) is 0 Å². The average molecular weight is 419 g/mol. The van der Waals surface area contributed by atoms with Crippen molar-refractivity contribution >= 4 is 21.9 Å². The SMILES string of the molecule is C=CCNC(=NCc1nnc(C)n1C)NCC(C)(C)c1ccccc1Br. The number of aliphatic imine (C=N–C) groups is 1. The third-order valence-electron chi connectivity index (χ3n) is 4.28. The molecule has 1 aromatic heterocycles. The zero-order valence-electron chi connectivity index (χ0n) is 15.9. The van der Waals surface area contributed by atoms with Gasteiger partial charge in [0.15, 0.2) is 11.8 Å². The van der Waals surface area contributed by atoms with Crippen LogP contribution < -0.4 is 10.6 Å². The van der Waals surface area contributed by atoms with Gasteiger partial charge in [-0.15, -0.1) is 16.8 Å². The van der Waals surface area contributed by atoms with Gasteiger partial charge in [0.25, 0.3) is 0 Å². The highest BCUT2D eigenvalue weighted by Gasteiger charge is 2.23. The van der Waals surface area contributed by atoms with Gasteiger partial charge in [-0.25, -0.2) is 4.99 Å². The third-order valence-corrected chi connectivity index (χ3v) is 4.97. The summed E-state index contributed by atoms with van der Waals surface area (Å²) in [6, 6.07) is 8.29. The summed E-state index contributed by atoms with van der Waals surface area (Å²) in [4.78, 5) is 4.64. The van der Waals surface area contributed by atoms with Crippen LogP contribution in [0.4, 0.5) is 0 Å². The monoisotopic (exact) mass is 418 g/mol. The van der Waals surface area contributed by atoms with E-state index in [1.54, 1.807) is 0 Å². The summed E-state index contributed by atoms with van der Waals surface area (Å²) in [6.45, 7) is 11.9. The van der Waals surface area contributed by atoms with Crippen LogP contribution in [0.2, 0.25) is 0 Å². The van der Waals surface area contributed by atoms with Gasteiger partial charge in [0.05, 0.1) is 0 Å². The molecule has 2 rings (SSSR count). The van der Waals surface area contributed by atoms with E-state index < -0.39 is 0 Å². The quantitative estimate of drug-likeness (QED) is 0.411. The van der Waals surface area contributed by atoms with Crippen LogP contribution in [0.3, 0.4) is 0 Å². The Morgan fingerprint density at radius 3 is 2.65 bits per heavy atom. The minimum atomic E-state index is -0.0713. The number of halogens is 1. The summed E-state index contributed by atoms with van der Waals surface area (Å²) in [5.74, 6) is 2.43. The van der Waals surface area contributed by atoms with Gasteiger partial charge in [-0.05, 0) is 18.6 Å². The number of hydrogen-bond donors (Lipinski definition) is 2. The third kappa shape index (κ3) is 5.17. The Morgan fingerprint density at radius 1 is 1.31 bits per heavy atom. The first-order chi connectivity index (χ1) is 12.3. The highest BCUT2D eigenvalue weighted by molar-refractivity contribution is 9.10. The smallest absolute Gasteiger partial charge is 0.191 e. The van der Waals surface area contributed by atoms with E-state index >= 15 is 0 Å². The molecular formula is C19H27BrN6. The topological polar surface area (TPSA) is 67.1 Å². The van der Waals surface area contributed by atoms with Crippen molar-refractivity contribution in [2.24, 2.45) is 12.0 Å². The Balaban J connectivity index is 2.09. The number of nitrogens with zero attached hydrogens (tertiary/aromatic N) is 4. The summed E-state index contributed by atoms with van der Waals surface area (Å²) in [6.07, 6.45) is 1.81. The van der Waals surface area contributed by atoms with Crippen LogP contribution in [0, 0.1) is 6.92 Å². The van der Waals surface area contributed by atoms with Crippen LogP contribution in [0.5, 0.6) is 0 Å². The Labute approximate surface area is 164 Å². The second-order valence-electron chi connectivity index (χ2n) is 6.77. The standard InChI is InChI=1S/C19H27BrN6/c1-6-11-21-18(22-12-17-25-24-14(2)26(17)5)23-13-19(3,4)15-9-7-8-10-16(15)20/h6-10H,1,11-13H2,2-5H3,(H2,21,22,23). The van der Waals surface area contributed by atoms with Crippen LogP contribution in [-0.2, 0) is 19.0 Å². The molecule has 0 radical (unpaired) electrons. The lowest BCUT2D eigenvalue weighted by molar-refractivity contribution is 0.506. The molecule has 0 fully saturated rings. The van der Waals surface area contributed by atoms with Gasteiger partial charge < -0.3 is 15.2 Å². The van der Waals surface area contributed by atoms with Gasteiger partial charge in [-0.3, -0.25) is 0 Å². The molecule has 0 saturated carbocycles. The van der Waals surface area contributed by atoms with Crippen LogP contribution in [0.15, 0.2) is 46.4 Å². The number of aromatic nitrogens is 3. The lowest BCUT2D eigenvalue weighted by atomic mass is 9.84. The molecule has 2 N–H and O–H groups in total. The minimum Gasteiger partial charge on any atom is -0.356 e. The molecule has 0 spiro atoms. The zero-order chi connectivity index (χ0) is 19.2. The molecule has 0 bridgehead atoms. The summed E-state index contributed by atoms with van der Waals surface area (Å²) >= 11 is 3.65. The zero-order valence-corrected chi connectivity index (χ0v) is 17.5. The fraction of sp³-hybridized carbons (Fsp3) is 0.421. The van der Waals surface area contributed by atoms with E-state index in [0.717, 1.165) is 28.6 Å². The predicted octanol–water partition coefficient (Wildman–Crippen LogP) is 3.09. The Hall–Kier alpha value is -2.15. The normalized spacial score (nSPS) is 12.1. The first-order valence-corrected chi connectivity index (χ1v) is 9.37. The highest BCUT2D eigenvalue weighted by Crippen LogP contribution is 2.29. The van der Waals surface area contributed by atoms with Crippen molar-refractivity contribution in [2.75, 3.05) is 13.1 Å². The minimum absolute atomic E-state index is 0.0713. The largest absolute Gasteiger partial charge is 0.356 e. The molecule has 0 unspecified atom stereocenters. The molecular weight excluding hydrogens is 392 g/mol. The number of aryl methyl sites for hydroxylation is 1. The van der Waals surface area contributed by atoms with E-state index in [1.807, 2.05) is 30.7 Å². The fourth-order valence-electron chi connectivity index (χ4n) is 2.49. The van der Waals surface area contributed by atoms with E-state index in [4.69, 9.17) is 0 Å². The van der Waals surface area contributed by atoms with Crippen molar-refractivity contribution in [3.63, 3.8) is 0 Å². The van der Waals surface area contributed by atoms with E-state index in [-0.39, 0.29) is 5.41 Å². The number of rotatable bonds is 7. The number of guanidine groups is 1. The fourth-order valence-corrected chi connectivity index (χ4v) is 3.31. The molecule has 0 aliphatic rings. The van der Waals surface area contributed by atoms with E-state index in [2.05, 4.69) is 80.4 Å². The molecule has 0 aliphatic carbocycles. The lowest BCUT2D eigenvalue weighted by Crippen LogP contribution is -2.43. The van der Waals surface area contributed by atoms with Gasteiger partial charge in [0, 0.05) is 30.0 Å². The van der Waals surface area contributed by atoms with Gasteiger partial charge in [-0.1, -0.05) is 54.1 Å². The summed E-state index contributed by atoms with van der Waals surface area (Å²) in [5.41, 5.74) is 1.18. The van der Waals surface area contributed by atoms with Gasteiger partial charge in [0.1, 0.15) is 12.4 Å². The van der Waals surface area contributed by atoms with Crippen molar-refractivity contribution in [1.82, 2.24) is 25.4 Å². The molecule has 0 saturated heterocycles. The van der Waals surface area contributed by atoms with Gasteiger partial charge in [-0.2, -0.15) is 0 Å². The summed E-state index contributed by atoms with van der Waals surface area (Å²) in [7, 11) is 1.94. The van der Waals surface area contributed by atoms with Crippen molar-refractivity contribution < 1.29 is 0 Å². The molecule has 140 valence electrons. The van der Waals surface area contributed by atoms with Crippen LogP contribution >= 0.6 is 15.9 Å². The van der Waals surface area contributed by atoms with Crippen molar-refractivity contribution in [1.29, 1.82) is 0 Å². The number of benzene rings is 1. The summed E-state index contributed by atoms with van der Waals surface area (Å²) in [5, 5.41) is 14.9. The van der Waals surface area contributed by atoms with E-state index in [9.17, 15) is 0 Å². The molecule has 1 heterocycles. The van der Waals surface area contributed by atoms with Crippen molar-refractivity contribution in [3.05, 3.63) is 58.6 Å². The molecule has 2 aromatic rings. The van der Waals surface area contributed by atoms with Crippen LogP contribution in [0.25, 0.3) is 0 Å². The van der Waals surface area contributed by atoms with Crippen LogP contribution in [0.1, 0.15) is 31.1 Å². The van der Waals surface area contributed by atoms with E-state index in [1.165, 1.54) is 5.56 Å². The number of hydrogen-bond acceptors (Lipinski definition) is 3. The second-order valence-corrected chi connectivity index (χ2v) is 7.63. The number of nitrogens with one attached hydrogen (secondary N) is 2. The molecule has 0 amide bonds. The summed E-state index contributed by atoms with van der Waals surface area (Å²) < 4.78 is 3.05.